The van der Waals surface area contributed by atoms with Crippen LogP contribution in [0.4, 0.5) is 0 Å². The van der Waals surface area contributed by atoms with Crippen LogP contribution in [0.2, 0.25) is 12.6 Å². The van der Waals surface area contributed by atoms with Crippen LogP contribution in [0.25, 0.3) is 0 Å². The minimum absolute atomic E-state index is 0.236. The smallest absolute Gasteiger partial charge is 0.336 e. The maximum atomic E-state index is 6.14. The lowest BCUT2D eigenvalue weighted by Gasteiger charge is -2.45. The van der Waals surface area contributed by atoms with Crippen molar-refractivity contribution in [2.45, 2.75) is 65.8 Å². The molecule has 17 heavy (non-hydrogen) atoms. The molecule has 0 saturated carbocycles. The monoisotopic (exact) mass is 260 g/mol. The Labute approximate surface area is 107 Å². The summed E-state index contributed by atoms with van der Waals surface area (Å²) in [6.07, 6.45) is 1.62. The van der Waals surface area contributed by atoms with Crippen LogP contribution < -0.4 is 0 Å². The first-order valence-corrected chi connectivity index (χ1v) is 9.26. The molecule has 102 valence electrons. The number of hydrogen-bond acceptors (Lipinski definition) is 3. The molecule has 1 heterocycles. The summed E-state index contributed by atoms with van der Waals surface area (Å²) in [4.78, 5) is 0. The molecule has 1 rings (SSSR count). The van der Waals surface area contributed by atoms with E-state index in [4.69, 9.17) is 13.6 Å². The van der Waals surface area contributed by atoms with E-state index in [2.05, 4.69) is 41.2 Å². The van der Waals surface area contributed by atoms with Crippen molar-refractivity contribution in [3.8, 4) is 0 Å². The van der Waals surface area contributed by atoms with E-state index in [1.807, 2.05) is 0 Å². The van der Waals surface area contributed by atoms with E-state index in [1.165, 1.54) is 0 Å². The van der Waals surface area contributed by atoms with E-state index >= 15 is 0 Å². The van der Waals surface area contributed by atoms with Crippen molar-refractivity contribution in [1.82, 2.24) is 0 Å². The Bertz CT molecular complexity index is 221. The highest BCUT2D eigenvalue weighted by molar-refractivity contribution is 6.66. The zero-order valence-electron chi connectivity index (χ0n) is 12.2. The van der Waals surface area contributed by atoms with Crippen LogP contribution in [-0.2, 0) is 13.6 Å². The standard InChI is InChI=1S/C13H28O3Si/c1-7-13(8-14-9-13)10-17(6,15-11(2)3)16-12(4)5/h11-12H,7-10H2,1-6H3. The predicted octanol–water partition coefficient (Wildman–Crippen LogP) is 3.34. The summed E-state index contributed by atoms with van der Waals surface area (Å²) in [5.41, 5.74) is 0.310. The molecule has 0 N–H and O–H groups in total. The Balaban J connectivity index is 2.68. The van der Waals surface area contributed by atoms with Gasteiger partial charge in [0.2, 0.25) is 0 Å². The van der Waals surface area contributed by atoms with Gasteiger partial charge in [0.15, 0.2) is 0 Å². The van der Waals surface area contributed by atoms with Gasteiger partial charge in [-0.2, -0.15) is 0 Å². The van der Waals surface area contributed by atoms with Crippen molar-refractivity contribution in [2.24, 2.45) is 5.41 Å². The Morgan fingerprint density at radius 2 is 1.59 bits per heavy atom. The minimum Gasteiger partial charge on any atom is -0.392 e. The first-order chi connectivity index (χ1) is 7.81. The summed E-state index contributed by atoms with van der Waals surface area (Å²) in [5.74, 6) is 0. The molecule has 0 aliphatic carbocycles. The molecule has 0 aromatic heterocycles. The van der Waals surface area contributed by atoms with Crippen molar-refractivity contribution in [2.75, 3.05) is 13.2 Å². The van der Waals surface area contributed by atoms with Crippen molar-refractivity contribution in [3.63, 3.8) is 0 Å². The van der Waals surface area contributed by atoms with E-state index in [0.717, 1.165) is 25.7 Å². The van der Waals surface area contributed by atoms with Crippen LogP contribution in [0.1, 0.15) is 41.0 Å². The summed E-state index contributed by atoms with van der Waals surface area (Å²) >= 11 is 0. The molecule has 3 nitrogen and oxygen atoms in total. The average Bonchev–Trinajstić information content (AvgIpc) is 2.08. The zero-order chi connectivity index (χ0) is 13.1. The zero-order valence-corrected chi connectivity index (χ0v) is 13.2. The van der Waals surface area contributed by atoms with E-state index in [9.17, 15) is 0 Å². The highest BCUT2D eigenvalue weighted by Gasteiger charge is 2.47. The Morgan fingerprint density at radius 1 is 1.12 bits per heavy atom. The summed E-state index contributed by atoms with van der Waals surface area (Å²) in [7, 11) is -2.08. The molecule has 0 bridgehead atoms. The second kappa shape index (κ2) is 5.82. The van der Waals surface area contributed by atoms with Gasteiger partial charge >= 0.3 is 8.56 Å². The van der Waals surface area contributed by atoms with Crippen molar-refractivity contribution < 1.29 is 13.6 Å². The third-order valence-corrected chi connectivity index (χ3v) is 6.56. The molecular formula is C13H28O3Si. The first-order valence-electron chi connectivity index (χ1n) is 6.74. The van der Waals surface area contributed by atoms with Gasteiger partial charge in [-0.25, -0.2) is 0 Å². The topological polar surface area (TPSA) is 27.7 Å². The van der Waals surface area contributed by atoms with Crippen LogP contribution in [0.15, 0.2) is 0 Å². The van der Waals surface area contributed by atoms with E-state index in [0.29, 0.717) is 5.41 Å². The van der Waals surface area contributed by atoms with E-state index in [-0.39, 0.29) is 12.2 Å². The molecule has 1 aliphatic heterocycles. The fraction of sp³-hybridized carbons (Fsp3) is 1.00. The molecule has 0 amide bonds. The SMILES string of the molecule is CCC1(C[Si](C)(OC(C)C)OC(C)C)COC1. The van der Waals surface area contributed by atoms with E-state index < -0.39 is 8.56 Å². The lowest BCUT2D eigenvalue weighted by atomic mass is 9.85. The largest absolute Gasteiger partial charge is 0.392 e. The quantitative estimate of drug-likeness (QED) is 0.657. The van der Waals surface area contributed by atoms with Crippen molar-refractivity contribution in [3.05, 3.63) is 0 Å². The second-order valence-corrected chi connectivity index (χ2v) is 9.08. The van der Waals surface area contributed by atoms with Gasteiger partial charge in [-0.1, -0.05) is 6.92 Å². The maximum absolute atomic E-state index is 6.14. The Morgan fingerprint density at radius 3 is 1.82 bits per heavy atom. The number of rotatable bonds is 7. The fourth-order valence-electron chi connectivity index (χ4n) is 2.61. The van der Waals surface area contributed by atoms with Crippen molar-refractivity contribution in [1.29, 1.82) is 0 Å². The number of ether oxygens (including phenoxy) is 1. The molecule has 0 atom stereocenters. The van der Waals surface area contributed by atoms with Gasteiger partial charge in [-0.05, 0) is 40.7 Å². The molecule has 0 unspecified atom stereocenters. The van der Waals surface area contributed by atoms with E-state index in [1.54, 1.807) is 0 Å². The van der Waals surface area contributed by atoms with Crippen LogP contribution in [0.3, 0.4) is 0 Å². The average molecular weight is 260 g/mol. The molecule has 0 radical (unpaired) electrons. The fourth-order valence-corrected chi connectivity index (χ4v) is 6.64. The van der Waals surface area contributed by atoms with Gasteiger partial charge in [0.05, 0.1) is 13.2 Å². The van der Waals surface area contributed by atoms with Gasteiger partial charge in [0.1, 0.15) is 0 Å². The lowest BCUT2D eigenvalue weighted by Crippen LogP contribution is -2.53. The molecule has 1 saturated heterocycles. The third-order valence-electron chi connectivity index (χ3n) is 3.23. The molecule has 0 spiro atoms. The van der Waals surface area contributed by atoms with Gasteiger partial charge in [-0.15, -0.1) is 0 Å². The molecule has 1 fully saturated rings. The Hall–Kier alpha value is 0.0969. The molecular weight excluding hydrogens is 232 g/mol. The van der Waals surface area contributed by atoms with Gasteiger partial charge < -0.3 is 13.6 Å². The van der Waals surface area contributed by atoms with Crippen LogP contribution in [0.5, 0.6) is 0 Å². The van der Waals surface area contributed by atoms with Crippen LogP contribution in [-0.4, -0.2) is 34.0 Å². The third kappa shape index (κ3) is 4.36. The molecule has 1 aliphatic rings. The van der Waals surface area contributed by atoms with Crippen molar-refractivity contribution >= 4 is 8.56 Å². The molecule has 0 aromatic carbocycles. The highest BCUT2D eigenvalue weighted by atomic mass is 28.4. The summed E-state index contributed by atoms with van der Waals surface area (Å²) in [6, 6.07) is 1.05. The highest BCUT2D eigenvalue weighted by Crippen LogP contribution is 2.40. The Kier molecular flexibility index (Phi) is 5.19. The summed E-state index contributed by atoms with van der Waals surface area (Å²) in [5, 5.41) is 0. The molecule has 0 aromatic rings. The second-order valence-electron chi connectivity index (χ2n) is 5.99. The normalized spacial score (nSPS) is 19.8. The lowest BCUT2D eigenvalue weighted by molar-refractivity contribution is -0.108. The maximum Gasteiger partial charge on any atom is 0.336 e. The molecule has 4 heteroatoms. The van der Waals surface area contributed by atoms with Gasteiger partial charge in [0.25, 0.3) is 0 Å². The van der Waals surface area contributed by atoms with Gasteiger partial charge in [0, 0.05) is 23.7 Å². The predicted molar refractivity (Wildman–Crippen MR) is 72.4 cm³/mol. The van der Waals surface area contributed by atoms with Crippen LogP contribution >= 0.6 is 0 Å². The summed E-state index contributed by atoms with van der Waals surface area (Å²) < 4.78 is 17.7. The van der Waals surface area contributed by atoms with Gasteiger partial charge in [-0.3, -0.25) is 0 Å². The minimum atomic E-state index is -2.08. The summed E-state index contributed by atoms with van der Waals surface area (Å²) in [6.45, 7) is 14.5. The number of hydrogen-bond donors (Lipinski definition) is 0. The van der Waals surface area contributed by atoms with Crippen LogP contribution in [0, 0.1) is 5.41 Å². The first kappa shape index (κ1) is 15.2.